The van der Waals surface area contributed by atoms with Gasteiger partial charge in [0.2, 0.25) is 5.91 Å². The number of aliphatic hydroxyl groups is 1. The molecule has 0 saturated carbocycles. The van der Waals surface area contributed by atoms with Gasteiger partial charge in [0.25, 0.3) is 5.91 Å². The number of rotatable bonds is 3. The number of nitrogens with one attached hydrogen (secondary N) is 1. The van der Waals surface area contributed by atoms with Gasteiger partial charge in [-0.05, 0) is 30.5 Å². The van der Waals surface area contributed by atoms with Gasteiger partial charge in [0.05, 0.1) is 12.6 Å². The molecule has 1 aliphatic heterocycles. The van der Waals surface area contributed by atoms with E-state index in [9.17, 15) is 14.7 Å². The average Bonchev–Trinajstić information content (AvgIpc) is 2.78. The summed E-state index contributed by atoms with van der Waals surface area (Å²) in [4.78, 5) is 25.3. The number of likely N-dealkylation sites (tertiary alicyclic amines) is 1. The van der Waals surface area contributed by atoms with Crippen LogP contribution in [0, 0.1) is 5.92 Å². The minimum atomic E-state index is -0.169. The maximum absolute atomic E-state index is 12.5. The summed E-state index contributed by atoms with van der Waals surface area (Å²) >= 11 is 0. The molecule has 1 heterocycles. The van der Waals surface area contributed by atoms with Crippen molar-refractivity contribution in [3.63, 3.8) is 0 Å². The largest absolute Gasteiger partial charge is 0.394 e. The molecule has 2 rings (SSSR count). The Bertz CT molecular complexity index is 516. The van der Waals surface area contributed by atoms with Gasteiger partial charge in [0.15, 0.2) is 0 Å². The molecule has 20 heavy (non-hydrogen) atoms. The van der Waals surface area contributed by atoms with Gasteiger partial charge in [-0.15, -0.1) is 0 Å². The standard InChI is InChI=1S/C15H20N2O3/c1-10-6-7-17(14(10)9-18)15(20)12-4-3-5-13(8-12)16-11(2)19/h3-5,8,10,14,18H,6-7,9H2,1-2H3,(H,16,19). The van der Waals surface area contributed by atoms with Gasteiger partial charge in [0.1, 0.15) is 0 Å². The third-order valence-corrected chi connectivity index (χ3v) is 3.76. The molecule has 0 spiro atoms. The van der Waals surface area contributed by atoms with E-state index in [0.29, 0.717) is 23.7 Å². The van der Waals surface area contributed by atoms with Gasteiger partial charge >= 0.3 is 0 Å². The van der Waals surface area contributed by atoms with Crippen molar-refractivity contribution in [2.45, 2.75) is 26.3 Å². The zero-order chi connectivity index (χ0) is 14.7. The second-order valence-corrected chi connectivity index (χ2v) is 5.28. The van der Waals surface area contributed by atoms with E-state index in [4.69, 9.17) is 0 Å². The Hall–Kier alpha value is -1.88. The Labute approximate surface area is 118 Å². The number of hydrogen-bond donors (Lipinski definition) is 2. The van der Waals surface area contributed by atoms with E-state index in [1.807, 2.05) is 6.92 Å². The molecule has 0 bridgehead atoms. The molecule has 0 radical (unpaired) electrons. The lowest BCUT2D eigenvalue weighted by Crippen LogP contribution is -2.39. The van der Waals surface area contributed by atoms with Crippen LogP contribution in [0.1, 0.15) is 30.6 Å². The Morgan fingerprint density at radius 2 is 2.20 bits per heavy atom. The first-order valence-corrected chi connectivity index (χ1v) is 6.82. The van der Waals surface area contributed by atoms with Gasteiger partial charge in [-0.1, -0.05) is 13.0 Å². The number of hydrogen-bond acceptors (Lipinski definition) is 3. The maximum Gasteiger partial charge on any atom is 0.254 e. The molecule has 1 aromatic carbocycles. The van der Waals surface area contributed by atoms with Crippen molar-refractivity contribution in [3.05, 3.63) is 29.8 Å². The zero-order valence-corrected chi connectivity index (χ0v) is 11.8. The fourth-order valence-electron chi connectivity index (χ4n) is 2.64. The number of carbonyl (C=O) groups is 2. The highest BCUT2D eigenvalue weighted by Crippen LogP contribution is 2.25. The maximum atomic E-state index is 12.5. The number of amides is 2. The van der Waals surface area contributed by atoms with Crippen LogP contribution >= 0.6 is 0 Å². The van der Waals surface area contributed by atoms with E-state index in [1.54, 1.807) is 29.2 Å². The van der Waals surface area contributed by atoms with Crippen LogP contribution < -0.4 is 5.32 Å². The normalized spacial score (nSPS) is 21.9. The number of aliphatic hydroxyl groups excluding tert-OH is 1. The van der Waals surface area contributed by atoms with Crippen molar-refractivity contribution in [2.24, 2.45) is 5.92 Å². The highest BCUT2D eigenvalue weighted by Gasteiger charge is 2.34. The Morgan fingerprint density at radius 1 is 1.45 bits per heavy atom. The summed E-state index contributed by atoms with van der Waals surface area (Å²) < 4.78 is 0. The molecular formula is C15H20N2O3. The van der Waals surface area contributed by atoms with Crippen molar-refractivity contribution in [1.82, 2.24) is 4.90 Å². The fraction of sp³-hybridized carbons (Fsp3) is 0.467. The van der Waals surface area contributed by atoms with E-state index < -0.39 is 0 Å². The molecule has 5 heteroatoms. The van der Waals surface area contributed by atoms with Gasteiger partial charge in [-0.3, -0.25) is 9.59 Å². The van der Waals surface area contributed by atoms with Gasteiger partial charge in [-0.25, -0.2) is 0 Å². The molecule has 2 atom stereocenters. The molecule has 2 N–H and O–H groups in total. The lowest BCUT2D eigenvalue weighted by molar-refractivity contribution is -0.114. The van der Waals surface area contributed by atoms with E-state index in [0.717, 1.165) is 6.42 Å². The smallest absolute Gasteiger partial charge is 0.254 e. The van der Waals surface area contributed by atoms with Crippen LogP contribution in [0.25, 0.3) is 0 Å². The molecule has 5 nitrogen and oxygen atoms in total. The van der Waals surface area contributed by atoms with E-state index >= 15 is 0 Å². The molecule has 0 aromatic heterocycles. The Morgan fingerprint density at radius 3 is 2.85 bits per heavy atom. The first kappa shape index (κ1) is 14.5. The van der Waals surface area contributed by atoms with Crippen molar-refractivity contribution < 1.29 is 14.7 Å². The molecule has 1 fully saturated rings. The predicted molar refractivity (Wildman–Crippen MR) is 76.4 cm³/mol. The van der Waals surface area contributed by atoms with Crippen LogP contribution in [0.15, 0.2) is 24.3 Å². The topological polar surface area (TPSA) is 69.6 Å². The van der Waals surface area contributed by atoms with Crippen LogP contribution in [-0.4, -0.2) is 41.0 Å². The summed E-state index contributed by atoms with van der Waals surface area (Å²) in [6.45, 7) is 4.12. The van der Waals surface area contributed by atoms with Crippen LogP contribution in [0.5, 0.6) is 0 Å². The second kappa shape index (κ2) is 6.05. The number of benzene rings is 1. The third-order valence-electron chi connectivity index (χ3n) is 3.76. The van der Waals surface area contributed by atoms with Crippen LogP contribution in [0.2, 0.25) is 0 Å². The summed E-state index contributed by atoms with van der Waals surface area (Å²) in [7, 11) is 0. The predicted octanol–water partition coefficient (Wildman–Crippen LogP) is 1.49. The molecular weight excluding hydrogens is 256 g/mol. The van der Waals surface area contributed by atoms with Crippen LogP contribution in [-0.2, 0) is 4.79 Å². The van der Waals surface area contributed by atoms with Gasteiger partial charge in [-0.2, -0.15) is 0 Å². The molecule has 1 saturated heterocycles. The Kier molecular flexibility index (Phi) is 4.39. The summed E-state index contributed by atoms with van der Waals surface area (Å²) in [6.07, 6.45) is 0.905. The lowest BCUT2D eigenvalue weighted by Gasteiger charge is -2.25. The number of anilines is 1. The molecule has 1 aliphatic rings. The van der Waals surface area contributed by atoms with Crippen LogP contribution in [0.4, 0.5) is 5.69 Å². The third kappa shape index (κ3) is 2.99. The van der Waals surface area contributed by atoms with Crippen molar-refractivity contribution in [3.8, 4) is 0 Å². The monoisotopic (exact) mass is 276 g/mol. The Balaban J connectivity index is 2.18. The van der Waals surface area contributed by atoms with Gasteiger partial charge in [0, 0.05) is 24.7 Å². The first-order chi connectivity index (χ1) is 9.52. The first-order valence-electron chi connectivity index (χ1n) is 6.82. The molecule has 2 amide bonds. The highest BCUT2D eigenvalue weighted by molar-refractivity contribution is 5.97. The fourth-order valence-corrected chi connectivity index (χ4v) is 2.64. The minimum absolute atomic E-state index is 0.0156. The summed E-state index contributed by atoms with van der Waals surface area (Å²) in [6, 6.07) is 6.76. The second-order valence-electron chi connectivity index (χ2n) is 5.28. The van der Waals surface area contributed by atoms with E-state index in [-0.39, 0.29) is 24.5 Å². The van der Waals surface area contributed by atoms with Crippen molar-refractivity contribution in [2.75, 3.05) is 18.5 Å². The van der Waals surface area contributed by atoms with Gasteiger partial charge < -0.3 is 15.3 Å². The zero-order valence-electron chi connectivity index (χ0n) is 11.8. The van der Waals surface area contributed by atoms with Crippen molar-refractivity contribution in [1.29, 1.82) is 0 Å². The quantitative estimate of drug-likeness (QED) is 0.878. The summed E-state index contributed by atoms with van der Waals surface area (Å²) in [5.74, 6) is 0.0423. The molecule has 1 aromatic rings. The van der Waals surface area contributed by atoms with E-state index in [2.05, 4.69) is 5.32 Å². The average molecular weight is 276 g/mol. The molecule has 0 aliphatic carbocycles. The summed E-state index contributed by atoms with van der Waals surface area (Å²) in [5.41, 5.74) is 1.14. The summed E-state index contributed by atoms with van der Waals surface area (Å²) in [5, 5.41) is 12.1. The SMILES string of the molecule is CC(=O)Nc1cccc(C(=O)N2CCC(C)C2CO)c1. The molecule has 2 unspecified atom stereocenters. The highest BCUT2D eigenvalue weighted by atomic mass is 16.3. The van der Waals surface area contributed by atoms with Crippen molar-refractivity contribution >= 4 is 17.5 Å². The minimum Gasteiger partial charge on any atom is -0.394 e. The molecule has 108 valence electrons. The van der Waals surface area contributed by atoms with E-state index in [1.165, 1.54) is 6.92 Å². The van der Waals surface area contributed by atoms with Crippen LogP contribution in [0.3, 0.4) is 0 Å². The number of carbonyl (C=O) groups excluding carboxylic acids is 2. The number of nitrogens with zero attached hydrogens (tertiary/aromatic N) is 1. The lowest BCUT2D eigenvalue weighted by atomic mass is 10.0.